The molecule has 0 radical (unpaired) electrons. The molecule has 138 valence electrons. The molecule has 0 unspecified atom stereocenters. The molecule has 1 aliphatic heterocycles. The van der Waals surface area contributed by atoms with Gasteiger partial charge in [-0.1, -0.05) is 6.07 Å². The zero-order valence-corrected chi connectivity index (χ0v) is 15.2. The maximum absolute atomic E-state index is 12.6. The molecular formula is C20H21N5O2. The number of rotatable bonds is 3. The molecule has 0 bridgehead atoms. The number of piperazine rings is 1. The Balaban J connectivity index is 1.36. The summed E-state index contributed by atoms with van der Waals surface area (Å²) in [5.74, 6) is 0.0754. The van der Waals surface area contributed by atoms with Crippen LogP contribution in [-0.4, -0.2) is 62.3 Å². The Morgan fingerprint density at radius 3 is 2.44 bits per heavy atom. The van der Waals surface area contributed by atoms with Crippen molar-refractivity contribution < 1.29 is 9.59 Å². The van der Waals surface area contributed by atoms with Crippen LogP contribution in [0.5, 0.6) is 0 Å². The molecule has 1 fully saturated rings. The topological polar surface area (TPSA) is 71.3 Å². The fourth-order valence-electron chi connectivity index (χ4n) is 3.41. The molecule has 7 nitrogen and oxygen atoms in total. The van der Waals surface area contributed by atoms with E-state index in [1.807, 2.05) is 34.7 Å². The summed E-state index contributed by atoms with van der Waals surface area (Å²) in [5, 5.41) is 0. The first-order chi connectivity index (χ1) is 13.1. The summed E-state index contributed by atoms with van der Waals surface area (Å²) >= 11 is 0. The molecule has 1 aliphatic rings. The summed E-state index contributed by atoms with van der Waals surface area (Å²) < 4.78 is 1.96. The molecule has 0 aliphatic carbocycles. The van der Waals surface area contributed by atoms with E-state index < -0.39 is 0 Å². The number of benzene rings is 1. The van der Waals surface area contributed by atoms with Crippen LogP contribution in [0.25, 0.3) is 11.0 Å². The second-order valence-electron chi connectivity index (χ2n) is 6.76. The van der Waals surface area contributed by atoms with E-state index >= 15 is 0 Å². The quantitative estimate of drug-likeness (QED) is 0.707. The largest absolute Gasteiger partial charge is 0.339 e. The van der Waals surface area contributed by atoms with Gasteiger partial charge in [0.2, 0.25) is 5.91 Å². The Bertz CT molecular complexity index is 974. The number of nitrogens with zero attached hydrogens (tertiary/aromatic N) is 5. The summed E-state index contributed by atoms with van der Waals surface area (Å²) in [4.78, 5) is 37.0. The van der Waals surface area contributed by atoms with Crippen molar-refractivity contribution in [1.82, 2.24) is 24.3 Å². The molecule has 0 spiro atoms. The van der Waals surface area contributed by atoms with E-state index in [2.05, 4.69) is 9.97 Å². The minimum Gasteiger partial charge on any atom is -0.339 e. The summed E-state index contributed by atoms with van der Waals surface area (Å²) in [6, 6.07) is 9.37. The van der Waals surface area contributed by atoms with Crippen LogP contribution in [0, 0.1) is 0 Å². The van der Waals surface area contributed by atoms with Gasteiger partial charge in [-0.2, -0.15) is 0 Å². The number of amides is 2. The summed E-state index contributed by atoms with van der Waals surface area (Å²) in [7, 11) is 1.95. The number of aryl methyl sites for hydroxylation is 1. The van der Waals surface area contributed by atoms with Crippen molar-refractivity contribution in [3.63, 3.8) is 0 Å². The third-order valence-corrected chi connectivity index (χ3v) is 4.99. The Morgan fingerprint density at radius 1 is 1.00 bits per heavy atom. The number of carbonyl (C=O) groups excluding carboxylic acids is 2. The zero-order chi connectivity index (χ0) is 18.8. The lowest BCUT2D eigenvalue weighted by atomic mass is 10.1. The van der Waals surface area contributed by atoms with Crippen LogP contribution < -0.4 is 0 Å². The van der Waals surface area contributed by atoms with Gasteiger partial charge in [0.15, 0.2) is 0 Å². The van der Waals surface area contributed by atoms with Crippen LogP contribution in [0.3, 0.4) is 0 Å². The number of carbonyl (C=O) groups is 2. The summed E-state index contributed by atoms with van der Waals surface area (Å²) in [5.41, 5.74) is 3.54. The molecule has 27 heavy (non-hydrogen) atoms. The van der Waals surface area contributed by atoms with Crippen molar-refractivity contribution in [1.29, 1.82) is 0 Å². The number of imidazole rings is 1. The third-order valence-electron chi connectivity index (χ3n) is 4.99. The smallest absolute Gasteiger partial charge is 0.254 e. The molecule has 7 heteroatoms. The highest BCUT2D eigenvalue weighted by atomic mass is 16.2. The maximum atomic E-state index is 12.6. The van der Waals surface area contributed by atoms with Crippen molar-refractivity contribution in [3.05, 3.63) is 60.2 Å². The van der Waals surface area contributed by atoms with E-state index in [1.54, 1.807) is 35.8 Å². The molecule has 4 rings (SSSR count). The van der Waals surface area contributed by atoms with Crippen LogP contribution >= 0.6 is 0 Å². The third kappa shape index (κ3) is 3.53. The minimum absolute atomic E-state index is 0.00916. The highest BCUT2D eigenvalue weighted by Crippen LogP contribution is 2.16. The van der Waals surface area contributed by atoms with Crippen LogP contribution in [0.15, 0.2) is 49.1 Å². The number of fused-ring (bicyclic) bond motifs is 1. The number of hydrogen-bond donors (Lipinski definition) is 0. The van der Waals surface area contributed by atoms with Crippen LogP contribution in [0.4, 0.5) is 0 Å². The van der Waals surface area contributed by atoms with Gasteiger partial charge in [0, 0.05) is 51.2 Å². The molecule has 0 N–H and O–H groups in total. The molecule has 3 heterocycles. The van der Waals surface area contributed by atoms with E-state index in [4.69, 9.17) is 0 Å². The lowest BCUT2D eigenvalue weighted by molar-refractivity contribution is -0.131. The van der Waals surface area contributed by atoms with Crippen LogP contribution in [0.2, 0.25) is 0 Å². The Morgan fingerprint density at radius 2 is 1.70 bits per heavy atom. The molecule has 0 saturated carbocycles. The van der Waals surface area contributed by atoms with Crippen LogP contribution in [0.1, 0.15) is 15.9 Å². The lowest BCUT2D eigenvalue weighted by Gasteiger charge is -2.35. The minimum atomic E-state index is -0.00916. The van der Waals surface area contributed by atoms with Gasteiger partial charge in [0.1, 0.15) is 0 Å². The molecule has 0 atom stereocenters. The number of hydrogen-bond acceptors (Lipinski definition) is 4. The van der Waals surface area contributed by atoms with Crippen molar-refractivity contribution in [2.45, 2.75) is 6.42 Å². The van der Waals surface area contributed by atoms with Gasteiger partial charge in [-0.15, -0.1) is 0 Å². The molecule has 1 aromatic carbocycles. The van der Waals surface area contributed by atoms with Crippen molar-refractivity contribution in [3.8, 4) is 0 Å². The molecular weight excluding hydrogens is 342 g/mol. The van der Waals surface area contributed by atoms with Crippen LogP contribution in [-0.2, 0) is 18.3 Å². The van der Waals surface area contributed by atoms with Gasteiger partial charge in [-0.25, -0.2) is 4.98 Å². The maximum Gasteiger partial charge on any atom is 0.254 e. The standard InChI is InChI=1S/C20H21N5O2/c1-23-14-22-17-12-15(2-3-18(17)23)13-19(26)24-8-10-25(11-9-24)20(27)16-4-6-21-7-5-16/h2-7,12,14H,8-11,13H2,1H3. The first-order valence-electron chi connectivity index (χ1n) is 8.99. The SMILES string of the molecule is Cn1cnc2cc(CC(=O)N3CCN(C(=O)c4ccncc4)CC3)ccc21. The second kappa shape index (κ2) is 7.19. The summed E-state index contributed by atoms with van der Waals surface area (Å²) in [6.07, 6.45) is 5.36. The van der Waals surface area contributed by atoms with E-state index in [1.165, 1.54) is 0 Å². The van der Waals surface area contributed by atoms with E-state index in [9.17, 15) is 9.59 Å². The average molecular weight is 363 g/mol. The van der Waals surface area contributed by atoms with Crippen molar-refractivity contribution in [2.75, 3.05) is 26.2 Å². The van der Waals surface area contributed by atoms with Gasteiger partial charge in [0.25, 0.3) is 5.91 Å². The predicted octanol–water partition coefficient (Wildman–Crippen LogP) is 1.50. The average Bonchev–Trinajstić information content (AvgIpc) is 3.08. The van der Waals surface area contributed by atoms with Gasteiger partial charge in [0.05, 0.1) is 23.8 Å². The van der Waals surface area contributed by atoms with Gasteiger partial charge >= 0.3 is 0 Å². The van der Waals surface area contributed by atoms with E-state index in [0.717, 1.165) is 16.6 Å². The Labute approximate surface area is 157 Å². The fourth-order valence-corrected chi connectivity index (χ4v) is 3.41. The molecule has 3 aromatic rings. The second-order valence-corrected chi connectivity index (χ2v) is 6.76. The first kappa shape index (κ1) is 17.2. The number of aromatic nitrogens is 3. The Kier molecular flexibility index (Phi) is 4.58. The molecule has 1 saturated heterocycles. The van der Waals surface area contributed by atoms with Gasteiger partial charge < -0.3 is 14.4 Å². The van der Waals surface area contributed by atoms with Gasteiger partial charge in [-0.3, -0.25) is 14.6 Å². The van der Waals surface area contributed by atoms with E-state index in [0.29, 0.717) is 38.2 Å². The van der Waals surface area contributed by atoms with Crippen molar-refractivity contribution in [2.24, 2.45) is 7.05 Å². The Hall–Kier alpha value is -3.22. The predicted molar refractivity (Wildman–Crippen MR) is 101 cm³/mol. The van der Waals surface area contributed by atoms with Gasteiger partial charge in [-0.05, 0) is 29.8 Å². The number of pyridine rings is 1. The molecule has 2 aromatic heterocycles. The highest BCUT2D eigenvalue weighted by Gasteiger charge is 2.24. The zero-order valence-electron chi connectivity index (χ0n) is 15.2. The van der Waals surface area contributed by atoms with Crippen molar-refractivity contribution >= 4 is 22.8 Å². The molecule has 2 amide bonds. The van der Waals surface area contributed by atoms with E-state index in [-0.39, 0.29) is 11.8 Å². The normalized spacial score (nSPS) is 14.6. The lowest BCUT2D eigenvalue weighted by Crippen LogP contribution is -2.51. The highest BCUT2D eigenvalue weighted by molar-refractivity contribution is 5.94. The monoisotopic (exact) mass is 363 g/mol. The first-order valence-corrected chi connectivity index (χ1v) is 8.99. The fraction of sp³-hybridized carbons (Fsp3) is 0.300. The summed E-state index contributed by atoms with van der Waals surface area (Å²) in [6.45, 7) is 2.21.